The van der Waals surface area contributed by atoms with Crippen molar-refractivity contribution in [2.24, 2.45) is 0 Å². The van der Waals surface area contributed by atoms with Gasteiger partial charge in [0.2, 0.25) is 0 Å². The largest absolute Gasteiger partial charge is 0.338 e. The molecule has 3 rings (SSSR count). The maximum absolute atomic E-state index is 12.2. The third kappa shape index (κ3) is 2.33. The number of hydrogen-bond acceptors (Lipinski definition) is 4. The van der Waals surface area contributed by atoms with Crippen LogP contribution in [-0.2, 0) is 0 Å². The van der Waals surface area contributed by atoms with Crippen LogP contribution in [0.4, 0.5) is 0 Å². The van der Waals surface area contributed by atoms with Crippen LogP contribution in [0.15, 0.2) is 29.1 Å². The van der Waals surface area contributed by atoms with Crippen molar-refractivity contribution in [1.29, 1.82) is 0 Å². The van der Waals surface area contributed by atoms with Crippen LogP contribution in [0, 0.1) is 0 Å². The molecule has 3 nitrogen and oxygen atoms in total. The Morgan fingerprint density at radius 3 is 2.72 bits per heavy atom. The monoisotopic (exact) mass is 278 g/mol. The molecule has 0 unspecified atom stereocenters. The van der Waals surface area contributed by atoms with E-state index in [1.54, 1.807) is 11.3 Å². The summed E-state index contributed by atoms with van der Waals surface area (Å²) in [4.78, 5) is 19.4. The van der Waals surface area contributed by atoms with Gasteiger partial charge in [-0.05, 0) is 24.3 Å². The molecular weight excluding hydrogens is 264 g/mol. The lowest BCUT2D eigenvalue weighted by Crippen LogP contribution is -2.37. The van der Waals surface area contributed by atoms with Crippen molar-refractivity contribution in [2.75, 3.05) is 13.1 Å². The molecule has 18 heavy (non-hydrogen) atoms. The first-order valence-electron chi connectivity index (χ1n) is 6.07. The molecule has 0 radical (unpaired) electrons. The first kappa shape index (κ1) is 11.9. The number of amides is 1. The van der Waals surface area contributed by atoms with Gasteiger partial charge in [0, 0.05) is 30.6 Å². The molecule has 0 aromatic carbocycles. The highest BCUT2D eigenvalue weighted by Crippen LogP contribution is 2.30. The van der Waals surface area contributed by atoms with Gasteiger partial charge in [-0.25, -0.2) is 4.98 Å². The Hall–Kier alpha value is -1.20. The fraction of sp³-hybridized carbons (Fsp3) is 0.385. The highest BCUT2D eigenvalue weighted by atomic mass is 32.1. The SMILES string of the molecule is O=C(c1cccs1)N1CCC(c2nccs2)CC1. The molecule has 0 spiro atoms. The Balaban J connectivity index is 1.62. The van der Waals surface area contributed by atoms with Crippen molar-refractivity contribution < 1.29 is 4.79 Å². The molecule has 2 aromatic heterocycles. The van der Waals surface area contributed by atoms with Crippen LogP contribution < -0.4 is 0 Å². The lowest BCUT2D eigenvalue weighted by molar-refractivity contribution is 0.0718. The van der Waals surface area contributed by atoms with E-state index >= 15 is 0 Å². The van der Waals surface area contributed by atoms with Gasteiger partial charge in [-0.2, -0.15) is 0 Å². The van der Waals surface area contributed by atoms with Crippen LogP contribution in [-0.4, -0.2) is 28.9 Å². The summed E-state index contributed by atoms with van der Waals surface area (Å²) in [6, 6.07) is 3.83. The Bertz CT molecular complexity index is 499. The maximum atomic E-state index is 12.2. The zero-order valence-corrected chi connectivity index (χ0v) is 11.5. The van der Waals surface area contributed by atoms with Crippen LogP contribution >= 0.6 is 22.7 Å². The summed E-state index contributed by atoms with van der Waals surface area (Å²) in [6.45, 7) is 1.70. The summed E-state index contributed by atoms with van der Waals surface area (Å²) in [5.41, 5.74) is 0. The minimum atomic E-state index is 0.183. The topological polar surface area (TPSA) is 33.2 Å². The number of likely N-dealkylation sites (tertiary alicyclic amines) is 1. The molecule has 0 bridgehead atoms. The minimum absolute atomic E-state index is 0.183. The van der Waals surface area contributed by atoms with Crippen molar-refractivity contribution in [3.05, 3.63) is 39.0 Å². The average molecular weight is 278 g/mol. The highest BCUT2D eigenvalue weighted by molar-refractivity contribution is 7.12. The number of thiazole rings is 1. The molecular formula is C13H14N2OS2. The van der Waals surface area contributed by atoms with Crippen LogP contribution in [0.3, 0.4) is 0 Å². The Labute approximate surface area is 114 Å². The van der Waals surface area contributed by atoms with E-state index in [1.165, 1.54) is 16.3 Å². The molecule has 0 saturated carbocycles. The van der Waals surface area contributed by atoms with Crippen LogP contribution in [0.1, 0.15) is 33.4 Å². The van der Waals surface area contributed by atoms with E-state index in [2.05, 4.69) is 4.98 Å². The zero-order chi connectivity index (χ0) is 12.4. The van der Waals surface area contributed by atoms with Gasteiger partial charge in [-0.15, -0.1) is 22.7 Å². The number of nitrogens with zero attached hydrogens (tertiary/aromatic N) is 2. The van der Waals surface area contributed by atoms with Gasteiger partial charge in [-0.3, -0.25) is 4.79 Å². The number of piperidine rings is 1. The van der Waals surface area contributed by atoms with Crippen molar-refractivity contribution >= 4 is 28.6 Å². The fourth-order valence-electron chi connectivity index (χ4n) is 2.32. The second kappa shape index (κ2) is 5.20. The summed E-state index contributed by atoms with van der Waals surface area (Å²) in [5.74, 6) is 0.722. The van der Waals surface area contributed by atoms with Gasteiger partial charge in [0.05, 0.1) is 9.88 Å². The normalized spacial score (nSPS) is 17.0. The molecule has 0 aliphatic carbocycles. The second-order valence-corrected chi connectivity index (χ2v) is 6.29. The Morgan fingerprint density at radius 1 is 1.28 bits per heavy atom. The molecule has 2 aromatic rings. The molecule has 1 aliphatic rings. The minimum Gasteiger partial charge on any atom is -0.338 e. The van der Waals surface area contributed by atoms with E-state index in [-0.39, 0.29) is 5.91 Å². The number of carbonyl (C=O) groups excluding carboxylic acids is 1. The highest BCUT2D eigenvalue weighted by Gasteiger charge is 2.25. The van der Waals surface area contributed by atoms with Crippen molar-refractivity contribution in [3.63, 3.8) is 0 Å². The quantitative estimate of drug-likeness (QED) is 0.845. The first-order chi connectivity index (χ1) is 8.84. The fourth-order valence-corrected chi connectivity index (χ4v) is 3.82. The molecule has 1 aliphatic heterocycles. The van der Waals surface area contributed by atoms with Gasteiger partial charge in [-0.1, -0.05) is 6.07 Å². The van der Waals surface area contributed by atoms with Crippen molar-refractivity contribution in [1.82, 2.24) is 9.88 Å². The van der Waals surface area contributed by atoms with E-state index in [4.69, 9.17) is 0 Å². The van der Waals surface area contributed by atoms with Crippen molar-refractivity contribution in [3.8, 4) is 0 Å². The van der Waals surface area contributed by atoms with Gasteiger partial charge in [0.1, 0.15) is 0 Å². The molecule has 3 heterocycles. The molecule has 5 heteroatoms. The number of carbonyl (C=O) groups is 1. The van der Waals surface area contributed by atoms with E-state index in [0.717, 1.165) is 30.8 Å². The Kier molecular flexibility index (Phi) is 3.43. The summed E-state index contributed by atoms with van der Waals surface area (Å²) in [7, 11) is 0. The number of rotatable bonds is 2. The van der Waals surface area contributed by atoms with Crippen LogP contribution in [0.25, 0.3) is 0 Å². The third-order valence-electron chi connectivity index (χ3n) is 3.31. The summed E-state index contributed by atoms with van der Waals surface area (Å²) < 4.78 is 0. The summed E-state index contributed by atoms with van der Waals surface area (Å²) >= 11 is 3.25. The molecule has 1 fully saturated rings. The smallest absolute Gasteiger partial charge is 0.263 e. The predicted octanol–water partition coefficient (Wildman–Crippen LogP) is 3.22. The maximum Gasteiger partial charge on any atom is 0.263 e. The van der Waals surface area contributed by atoms with E-state index in [0.29, 0.717) is 5.92 Å². The molecule has 94 valence electrons. The van der Waals surface area contributed by atoms with E-state index < -0.39 is 0 Å². The second-order valence-electron chi connectivity index (χ2n) is 4.41. The van der Waals surface area contributed by atoms with E-state index in [1.807, 2.05) is 34.0 Å². The standard InChI is InChI=1S/C13H14N2OS2/c16-13(11-2-1-8-17-11)15-6-3-10(4-7-15)12-14-5-9-18-12/h1-2,5,8-10H,3-4,6-7H2. The Morgan fingerprint density at radius 2 is 2.11 bits per heavy atom. The van der Waals surface area contributed by atoms with Gasteiger partial charge >= 0.3 is 0 Å². The van der Waals surface area contributed by atoms with Gasteiger partial charge in [0.25, 0.3) is 5.91 Å². The van der Waals surface area contributed by atoms with Crippen LogP contribution in [0.2, 0.25) is 0 Å². The average Bonchev–Trinajstić information content (AvgIpc) is 3.11. The molecule has 1 amide bonds. The van der Waals surface area contributed by atoms with Gasteiger partial charge in [0.15, 0.2) is 0 Å². The number of thiophene rings is 1. The van der Waals surface area contributed by atoms with Crippen molar-refractivity contribution in [2.45, 2.75) is 18.8 Å². The lowest BCUT2D eigenvalue weighted by atomic mass is 9.97. The van der Waals surface area contributed by atoms with Gasteiger partial charge < -0.3 is 4.90 Å². The zero-order valence-electron chi connectivity index (χ0n) is 9.91. The summed E-state index contributed by atoms with van der Waals surface area (Å²) in [5, 5.41) is 5.20. The predicted molar refractivity (Wildman–Crippen MR) is 74.3 cm³/mol. The summed E-state index contributed by atoms with van der Waals surface area (Å²) in [6.07, 6.45) is 3.93. The first-order valence-corrected chi connectivity index (χ1v) is 7.82. The number of aromatic nitrogens is 1. The molecule has 0 N–H and O–H groups in total. The number of hydrogen-bond donors (Lipinski definition) is 0. The molecule has 1 saturated heterocycles. The van der Waals surface area contributed by atoms with Crippen LogP contribution in [0.5, 0.6) is 0 Å². The molecule has 0 atom stereocenters. The third-order valence-corrected chi connectivity index (χ3v) is 5.11. The van der Waals surface area contributed by atoms with E-state index in [9.17, 15) is 4.79 Å². The lowest BCUT2D eigenvalue weighted by Gasteiger charge is -2.30.